The van der Waals surface area contributed by atoms with Crippen LogP contribution in [-0.2, 0) is 5.75 Å². The van der Waals surface area contributed by atoms with Crippen LogP contribution in [0.3, 0.4) is 0 Å². The molecule has 2 rings (SSSR count). The summed E-state index contributed by atoms with van der Waals surface area (Å²) in [5.74, 6) is 0.989. The largest absolute Gasteiger partial charge is 0.399 e. The lowest BCUT2D eigenvalue weighted by Gasteiger charge is -2.12. The van der Waals surface area contributed by atoms with E-state index in [-0.39, 0.29) is 0 Å². The van der Waals surface area contributed by atoms with E-state index in [0.29, 0.717) is 5.25 Å². The Balaban J connectivity index is 1.93. The van der Waals surface area contributed by atoms with E-state index < -0.39 is 0 Å². The average molecular weight is 278 g/mol. The van der Waals surface area contributed by atoms with E-state index in [1.54, 1.807) is 0 Å². The Bertz CT molecular complexity index is 493. The lowest BCUT2D eigenvalue weighted by Crippen LogP contribution is -1.91. The molecule has 0 saturated heterocycles. The molecular weight excluding hydrogens is 262 g/mol. The summed E-state index contributed by atoms with van der Waals surface area (Å²) in [6.45, 7) is 2.21. The summed E-state index contributed by atoms with van der Waals surface area (Å²) in [7, 11) is 0. The van der Waals surface area contributed by atoms with Crippen molar-refractivity contribution in [1.82, 2.24) is 0 Å². The van der Waals surface area contributed by atoms with Crippen LogP contribution < -0.4 is 5.73 Å². The van der Waals surface area contributed by atoms with Crippen molar-refractivity contribution in [3.63, 3.8) is 0 Å². The maximum Gasteiger partial charge on any atom is 0.0406 e. The van der Waals surface area contributed by atoms with Crippen molar-refractivity contribution < 1.29 is 0 Å². The fourth-order valence-electron chi connectivity index (χ4n) is 1.67. The zero-order chi connectivity index (χ0) is 13.0. The number of hydrogen-bond acceptors (Lipinski definition) is 2. The van der Waals surface area contributed by atoms with Crippen LogP contribution in [0, 0.1) is 0 Å². The van der Waals surface area contributed by atoms with Crippen molar-refractivity contribution in [1.29, 1.82) is 0 Å². The van der Waals surface area contributed by atoms with Crippen LogP contribution in [0.2, 0.25) is 5.02 Å². The van der Waals surface area contributed by atoms with E-state index in [9.17, 15) is 0 Å². The van der Waals surface area contributed by atoms with Gasteiger partial charge in [0.2, 0.25) is 0 Å². The maximum atomic E-state index is 5.87. The summed E-state index contributed by atoms with van der Waals surface area (Å²) >= 11 is 7.78. The average Bonchev–Trinajstić information content (AvgIpc) is 2.38. The van der Waals surface area contributed by atoms with Gasteiger partial charge in [0.25, 0.3) is 0 Å². The van der Waals surface area contributed by atoms with Gasteiger partial charge in [-0.15, -0.1) is 11.8 Å². The van der Waals surface area contributed by atoms with Crippen LogP contribution in [0.4, 0.5) is 5.69 Å². The second-order valence-electron chi connectivity index (χ2n) is 4.25. The number of benzene rings is 2. The van der Waals surface area contributed by atoms with Crippen molar-refractivity contribution in [2.75, 3.05) is 5.73 Å². The molecule has 0 aliphatic heterocycles. The van der Waals surface area contributed by atoms with Crippen molar-refractivity contribution in [3.8, 4) is 0 Å². The molecule has 3 heteroatoms. The van der Waals surface area contributed by atoms with Gasteiger partial charge in [-0.2, -0.15) is 0 Å². The van der Waals surface area contributed by atoms with Gasteiger partial charge >= 0.3 is 0 Å². The third kappa shape index (κ3) is 3.69. The Hall–Kier alpha value is -1.12. The summed E-state index contributed by atoms with van der Waals surface area (Å²) in [6, 6.07) is 16.1. The first kappa shape index (κ1) is 13.3. The fourth-order valence-corrected chi connectivity index (χ4v) is 2.78. The lowest BCUT2D eigenvalue weighted by molar-refractivity contribution is 1.09. The van der Waals surface area contributed by atoms with Gasteiger partial charge in [0.05, 0.1) is 0 Å². The number of anilines is 1. The highest BCUT2D eigenvalue weighted by Crippen LogP contribution is 2.31. The topological polar surface area (TPSA) is 26.0 Å². The predicted octanol–water partition coefficient (Wildman–Crippen LogP) is 4.92. The number of thioether (sulfide) groups is 1. The fraction of sp³-hybridized carbons (Fsp3) is 0.200. The van der Waals surface area contributed by atoms with Gasteiger partial charge in [0.1, 0.15) is 0 Å². The number of hydrogen-bond donors (Lipinski definition) is 1. The van der Waals surface area contributed by atoms with Crippen LogP contribution in [0.25, 0.3) is 0 Å². The molecular formula is C15H16ClNS. The van der Waals surface area contributed by atoms with Gasteiger partial charge in [0, 0.05) is 21.7 Å². The van der Waals surface area contributed by atoms with E-state index in [1.165, 1.54) is 11.1 Å². The predicted molar refractivity (Wildman–Crippen MR) is 82.0 cm³/mol. The summed E-state index contributed by atoms with van der Waals surface area (Å²) in [5.41, 5.74) is 9.11. The summed E-state index contributed by atoms with van der Waals surface area (Å²) in [6.07, 6.45) is 0. The molecule has 1 nitrogen and oxygen atoms in total. The highest BCUT2D eigenvalue weighted by molar-refractivity contribution is 7.98. The van der Waals surface area contributed by atoms with Gasteiger partial charge in [-0.25, -0.2) is 0 Å². The molecule has 0 radical (unpaired) electrons. The molecule has 0 fully saturated rings. The third-order valence-corrected chi connectivity index (χ3v) is 4.34. The molecule has 0 spiro atoms. The van der Waals surface area contributed by atoms with Crippen molar-refractivity contribution >= 4 is 29.1 Å². The monoisotopic (exact) mass is 277 g/mol. The van der Waals surface area contributed by atoms with Gasteiger partial charge in [-0.05, 0) is 42.3 Å². The van der Waals surface area contributed by atoms with E-state index in [4.69, 9.17) is 17.3 Å². The highest BCUT2D eigenvalue weighted by Gasteiger charge is 2.06. The van der Waals surface area contributed by atoms with Crippen LogP contribution in [0.5, 0.6) is 0 Å². The summed E-state index contributed by atoms with van der Waals surface area (Å²) in [4.78, 5) is 0. The third-order valence-electron chi connectivity index (χ3n) is 2.82. The molecule has 0 aromatic heterocycles. The van der Waals surface area contributed by atoms with Gasteiger partial charge in [0.15, 0.2) is 0 Å². The molecule has 0 aliphatic carbocycles. The molecule has 0 bridgehead atoms. The highest BCUT2D eigenvalue weighted by atomic mass is 35.5. The normalized spacial score (nSPS) is 12.3. The zero-order valence-corrected chi connectivity index (χ0v) is 11.8. The standard InChI is InChI=1S/C15H16ClNS/c1-11(13-4-8-15(17)9-5-13)18-10-12-2-6-14(16)7-3-12/h2-9,11H,10,17H2,1H3. The number of halogens is 1. The van der Waals surface area contributed by atoms with E-state index >= 15 is 0 Å². The minimum absolute atomic E-state index is 0.460. The summed E-state index contributed by atoms with van der Waals surface area (Å²) in [5, 5.41) is 1.25. The summed E-state index contributed by atoms with van der Waals surface area (Å²) < 4.78 is 0. The maximum absolute atomic E-state index is 5.87. The second-order valence-corrected chi connectivity index (χ2v) is 6.01. The molecule has 0 amide bonds. The van der Waals surface area contributed by atoms with Gasteiger partial charge in [-0.3, -0.25) is 0 Å². The smallest absolute Gasteiger partial charge is 0.0406 e. The Morgan fingerprint density at radius 3 is 2.28 bits per heavy atom. The van der Waals surface area contributed by atoms with Gasteiger partial charge in [-0.1, -0.05) is 35.9 Å². The van der Waals surface area contributed by atoms with Crippen molar-refractivity contribution in [2.45, 2.75) is 17.9 Å². The number of nitrogens with two attached hydrogens (primary N) is 1. The molecule has 0 saturated carbocycles. The Kier molecular flexibility index (Phi) is 4.56. The Labute approximate surface area is 117 Å². The first-order valence-electron chi connectivity index (χ1n) is 5.86. The van der Waals surface area contributed by atoms with Gasteiger partial charge < -0.3 is 5.73 Å². The first-order valence-corrected chi connectivity index (χ1v) is 7.29. The SMILES string of the molecule is CC(SCc1ccc(Cl)cc1)c1ccc(N)cc1. The molecule has 1 unspecified atom stereocenters. The van der Waals surface area contributed by atoms with E-state index in [2.05, 4.69) is 31.2 Å². The van der Waals surface area contributed by atoms with Crippen molar-refractivity contribution in [3.05, 3.63) is 64.7 Å². The molecule has 2 aromatic rings. The molecule has 94 valence electrons. The molecule has 1 atom stereocenters. The molecule has 2 aromatic carbocycles. The minimum Gasteiger partial charge on any atom is -0.399 e. The molecule has 18 heavy (non-hydrogen) atoms. The Morgan fingerprint density at radius 1 is 1.06 bits per heavy atom. The van der Waals surface area contributed by atoms with Crippen LogP contribution >= 0.6 is 23.4 Å². The van der Waals surface area contributed by atoms with Crippen LogP contribution in [0.1, 0.15) is 23.3 Å². The quantitative estimate of drug-likeness (QED) is 0.803. The minimum atomic E-state index is 0.460. The zero-order valence-electron chi connectivity index (χ0n) is 10.3. The first-order chi connectivity index (χ1) is 8.65. The molecule has 0 heterocycles. The van der Waals surface area contributed by atoms with E-state index in [1.807, 2.05) is 36.0 Å². The number of rotatable bonds is 4. The lowest BCUT2D eigenvalue weighted by atomic mass is 10.1. The molecule has 0 aliphatic rings. The van der Waals surface area contributed by atoms with Crippen molar-refractivity contribution in [2.24, 2.45) is 0 Å². The Morgan fingerprint density at radius 2 is 1.67 bits per heavy atom. The molecule has 2 N–H and O–H groups in total. The number of nitrogen functional groups attached to an aromatic ring is 1. The second kappa shape index (κ2) is 6.17. The van der Waals surface area contributed by atoms with Crippen LogP contribution in [-0.4, -0.2) is 0 Å². The van der Waals surface area contributed by atoms with Crippen LogP contribution in [0.15, 0.2) is 48.5 Å². The van der Waals surface area contributed by atoms with E-state index in [0.717, 1.165) is 16.5 Å².